The average Bonchev–Trinajstić information content (AvgIpc) is 2.55. The molecule has 24 heavy (non-hydrogen) atoms. The molecule has 2 N–H and O–H groups in total. The molecule has 1 aromatic heterocycles. The van der Waals surface area contributed by atoms with Crippen LogP contribution in [0.15, 0.2) is 33.9 Å². The van der Waals surface area contributed by atoms with Crippen molar-refractivity contribution in [2.45, 2.75) is 32.0 Å². The smallest absolute Gasteiger partial charge is 0.326 e. The molecule has 1 unspecified atom stereocenters. The lowest BCUT2D eigenvalue weighted by molar-refractivity contribution is -0.161. The highest BCUT2D eigenvalue weighted by molar-refractivity contribution is 5.63. The summed E-state index contributed by atoms with van der Waals surface area (Å²) in [6.45, 7) is 1.07. The zero-order valence-electron chi connectivity index (χ0n) is 13.1. The first-order valence-electron chi connectivity index (χ1n) is 7.97. The number of benzene rings is 1. The van der Waals surface area contributed by atoms with Gasteiger partial charge in [-0.3, -0.25) is 9.78 Å². The van der Waals surface area contributed by atoms with Crippen LogP contribution in [0, 0.1) is 5.82 Å². The Hall–Kier alpha value is -2.25. The maximum absolute atomic E-state index is 13.6. The third-order valence-electron chi connectivity index (χ3n) is 3.93. The van der Waals surface area contributed by atoms with Gasteiger partial charge in [-0.2, -0.15) is 0 Å². The van der Waals surface area contributed by atoms with Gasteiger partial charge in [-0.05, 0) is 49.4 Å². The van der Waals surface area contributed by atoms with Crippen molar-refractivity contribution < 1.29 is 13.9 Å². The first-order valence-corrected chi connectivity index (χ1v) is 7.97. The van der Waals surface area contributed by atoms with E-state index in [2.05, 4.69) is 9.97 Å². The van der Waals surface area contributed by atoms with E-state index in [1.165, 1.54) is 18.2 Å². The fourth-order valence-electron chi connectivity index (χ4n) is 2.79. The molecule has 0 aliphatic carbocycles. The van der Waals surface area contributed by atoms with Crippen molar-refractivity contribution in [3.63, 3.8) is 0 Å². The third-order valence-corrected chi connectivity index (χ3v) is 3.93. The Morgan fingerprint density at radius 3 is 2.83 bits per heavy atom. The molecule has 3 rings (SSSR count). The minimum Gasteiger partial charge on any atom is -0.353 e. The molecular weight excluding hydrogens is 315 g/mol. The normalized spacial score (nSPS) is 17.8. The lowest BCUT2D eigenvalue weighted by atomic mass is 10.0. The van der Waals surface area contributed by atoms with E-state index < -0.39 is 11.2 Å². The quantitative estimate of drug-likeness (QED) is 0.875. The Morgan fingerprint density at radius 2 is 2.08 bits per heavy atom. The number of aromatic nitrogens is 2. The van der Waals surface area contributed by atoms with Crippen LogP contribution >= 0.6 is 0 Å². The standard InChI is InChI=1S/C17H19FN2O4/c18-12-4-5-13(14-10-15(21)20-17(22)19-14)11(9-12)6-8-24-16-3-1-2-7-23-16/h4-5,9-10,16H,1-3,6-8H2,(H2,19,20,21,22). The van der Waals surface area contributed by atoms with Crippen molar-refractivity contribution in [3.8, 4) is 11.3 Å². The maximum Gasteiger partial charge on any atom is 0.326 e. The summed E-state index contributed by atoms with van der Waals surface area (Å²) in [5.41, 5.74) is 0.517. The number of hydrogen-bond acceptors (Lipinski definition) is 4. The van der Waals surface area contributed by atoms with Crippen molar-refractivity contribution in [2.75, 3.05) is 13.2 Å². The van der Waals surface area contributed by atoms with Crippen LogP contribution < -0.4 is 11.2 Å². The van der Waals surface area contributed by atoms with Crippen LogP contribution in [0.2, 0.25) is 0 Å². The van der Waals surface area contributed by atoms with Gasteiger partial charge in [0.25, 0.3) is 5.56 Å². The Morgan fingerprint density at radius 1 is 1.21 bits per heavy atom. The van der Waals surface area contributed by atoms with Gasteiger partial charge < -0.3 is 14.5 Å². The van der Waals surface area contributed by atoms with Crippen LogP contribution in [-0.2, 0) is 15.9 Å². The second-order valence-corrected chi connectivity index (χ2v) is 5.72. The molecule has 128 valence electrons. The number of hydrogen-bond donors (Lipinski definition) is 2. The van der Waals surface area contributed by atoms with Crippen molar-refractivity contribution in [2.24, 2.45) is 0 Å². The van der Waals surface area contributed by atoms with Crippen molar-refractivity contribution in [3.05, 3.63) is 56.5 Å². The van der Waals surface area contributed by atoms with Gasteiger partial charge in [0.15, 0.2) is 6.29 Å². The van der Waals surface area contributed by atoms with E-state index in [0.29, 0.717) is 36.5 Å². The summed E-state index contributed by atoms with van der Waals surface area (Å²) < 4.78 is 24.8. The molecule has 0 bridgehead atoms. The number of ether oxygens (including phenoxy) is 2. The summed E-state index contributed by atoms with van der Waals surface area (Å²) >= 11 is 0. The Kier molecular flexibility index (Phi) is 5.22. The Balaban J connectivity index is 1.77. The second-order valence-electron chi connectivity index (χ2n) is 5.72. The van der Waals surface area contributed by atoms with Gasteiger partial charge in [-0.15, -0.1) is 0 Å². The summed E-state index contributed by atoms with van der Waals surface area (Å²) in [6.07, 6.45) is 3.21. The minimum absolute atomic E-state index is 0.213. The molecule has 0 saturated carbocycles. The fourth-order valence-corrected chi connectivity index (χ4v) is 2.79. The highest BCUT2D eigenvalue weighted by Gasteiger charge is 2.15. The van der Waals surface area contributed by atoms with Gasteiger partial charge >= 0.3 is 5.69 Å². The van der Waals surface area contributed by atoms with Crippen LogP contribution in [0.4, 0.5) is 4.39 Å². The molecule has 1 aliphatic heterocycles. The van der Waals surface area contributed by atoms with Crippen molar-refractivity contribution in [1.82, 2.24) is 9.97 Å². The van der Waals surface area contributed by atoms with Crippen LogP contribution in [0.3, 0.4) is 0 Å². The van der Waals surface area contributed by atoms with Crippen molar-refractivity contribution in [1.29, 1.82) is 0 Å². The van der Waals surface area contributed by atoms with E-state index in [4.69, 9.17) is 9.47 Å². The zero-order valence-corrected chi connectivity index (χ0v) is 13.1. The van der Waals surface area contributed by atoms with Crippen LogP contribution in [0.25, 0.3) is 11.3 Å². The molecule has 2 heterocycles. The lowest BCUT2D eigenvalue weighted by Gasteiger charge is -2.22. The van der Waals surface area contributed by atoms with E-state index in [9.17, 15) is 14.0 Å². The lowest BCUT2D eigenvalue weighted by Crippen LogP contribution is -2.23. The fraction of sp³-hybridized carbons (Fsp3) is 0.412. The molecular formula is C17H19FN2O4. The average molecular weight is 334 g/mol. The Bertz CT molecular complexity index is 780. The molecule has 1 atom stereocenters. The van der Waals surface area contributed by atoms with E-state index in [-0.39, 0.29) is 12.1 Å². The van der Waals surface area contributed by atoms with Gasteiger partial charge in [0.05, 0.1) is 12.3 Å². The number of aromatic amines is 2. The SMILES string of the molecule is O=c1cc(-c2ccc(F)cc2CCOC2CCCCO2)[nH]c(=O)[nH]1. The summed E-state index contributed by atoms with van der Waals surface area (Å²) in [6, 6.07) is 5.51. The summed E-state index contributed by atoms with van der Waals surface area (Å²) in [7, 11) is 0. The second kappa shape index (κ2) is 7.55. The minimum atomic E-state index is -0.598. The molecule has 2 aromatic rings. The monoisotopic (exact) mass is 334 g/mol. The van der Waals surface area contributed by atoms with Gasteiger partial charge in [-0.1, -0.05) is 0 Å². The molecule has 0 spiro atoms. The highest BCUT2D eigenvalue weighted by Crippen LogP contribution is 2.22. The van der Waals surface area contributed by atoms with Crippen molar-refractivity contribution >= 4 is 0 Å². The van der Waals surface area contributed by atoms with Crippen LogP contribution in [-0.4, -0.2) is 29.5 Å². The first kappa shape index (κ1) is 16.6. The van der Waals surface area contributed by atoms with Gasteiger partial charge in [0.1, 0.15) is 5.82 Å². The summed E-state index contributed by atoms with van der Waals surface area (Å²) in [4.78, 5) is 27.6. The number of nitrogens with one attached hydrogen (secondary N) is 2. The predicted molar refractivity (Wildman–Crippen MR) is 86.3 cm³/mol. The van der Waals surface area contributed by atoms with Gasteiger partial charge in [0, 0.05) is 18.2 Å². The Labute approximate surface area is 137 Å². The van der Waals surface area contributed by atoms with Gasteiger partial charge in [0.2, 0.25) is 0 Å². The van der Waals surface area contributed by atoms with Gasteiger partial charge in [-0.25, -0.2) is 9.18 Å². The van der Waals surface area contributed by atoms with E-state index >= 15 is 0 Å². The molecule has 7 heteroatoms. The van der Waals surface area contributed by atoms with E-state index in [0.717, 1.165) is 19.3 Å². The largest absolute Gasteiger partial charge is 0.353 e. The highest BCUT2D eigenvalue weighted by atomic mass is 19.1. The number of H-pyrrole nitrogens is 2. The van der Waals surface area contributed by atoms with Crippen LogP contribution in [0.1, 0.15) is 24.8 Å². The number of rotatable bonds is 5. The number of halogens is 1. The third kappa shape index (κ3) is 4.18. The molecule has 1 aliphatic rings. The molecule has 0 radical (unpaired) electrons. The topological polar surface area (TPSA) is 84.2 Å². The molecule has 1 fully saturated rings. The molecule has 6 nitrogen and oxygen atoms in total. The predicted octanol–water partition coefficient (Wildman–Crippen LogP) is 1.95. The first-order chi connectivity index (χ1) is 11.6. The van der Waals surface area contributed by atoms with Crippen LogP contribution in [0.5, 0.6) is 0 Å². The summed E-state index contributed by atoms with van der Waals surface area (Å²) in [5, 5.41) is 0. The molecule has 1 saturated heterocycles. The van der Waals surface area contributed by atoms with E-state index in [1.807, 2.05) is 0 Å². The summed E-state index contributed by atoms with van der Waals surface area (Å²) in [5.74, 6) is -0.380. The zero-order chi connectivity index (χ0) is 16.9. The van der Waals surface area contributed by atoms with E-state index in [1.54, 1.807) is 6.07 Å². The molecule has 0 amide bonds. The molecule has 1 aromatic carbocycles. The maximum atomic E-state index is 13.6.